The number of aromatic nitrogens is 3. The summed E-state index contributed by atoms with van der Waals surface area (Å²) < 4.78 is 7.93. The van der Waals surface area contributed by atoms with Crippen molar-refractivity contribution in [2.75, 3.05) is 20.1 Å². The number of carbonyl (C=O) groups is 1. The number of nitrogens with zero attached hydrogens (tertiary/aromatic N) is 3. The van der Waals surface area contributed by atoms with Crippen LogP contribution in [0, 0.1) is 6.92 Å². The molecular formula is C21H25N5O4S. The van der Waals surface area contributed by atoms with Crippen molar-refractivity contribution in [1.82, 2.24) is 24.8 Å². The number of amides is 1. The van der Waals surface area contributed by atoms with Crippen molar-refractivity contribution in [2.24, 2.45) is 0 Å². The number of hydrogen-bond donors (Lipinski definition) is 2. The first kappa shape index (κ1) is 21.3. The van der Waals surface area contributed by atoms with Crippen LogP contribution in [-0.2, 0) is 13.1 Å². The number of H-pyrrole nitrogens is 1. The zero-order valence-corrected chi connectivity index (χ0v) is 18.5. The number of carbonyl (C=O) groups excluding carboxylic acids is 1. The number of thiophene rings is 1. The molecule has 164 valence electrons. The molecule has 1 unspecified atom stereocenters. The lowest BCUT2D eigenvalue weighted by Gasteiger charge is -2.17. The van der Waals surface area contributed by atoms with Gasteiger partial charge in [-0.15, -0.1) is 11.3 Å². The SMILES string of the molecule is CCn1c(=O)[nH]c2cc(CN3CCC(Oc4ccc(C(=O)NC)nc4C)C3)sc2c1=O. The Labute approximate surface area is 182 Å². The van der Waals surface area contributed by atoms with E-state index in [1.54, 1.807) is 26.1 Å². The fourth-order valence-corrected chi connectivity index (χ4v) is 4.92. The van der Waals surface area contributed by atoms with Gasteiger partial charge in [-0.1, -0.05) is 0 Å². The smallest absolute Gasteiger partial charge is 0.328 e. The Morgan fingerprint density at radius 2 is 2.19 bits per heavy atom. The van der Waals surface area contributed by atoms with E-state index in [-0.39, 0.29) is 23.3 Å². The van der Waals surface area contributed by atoms with Crippen LogP contribution < -0.4 is 21.3 Å². The quantitative estimate of drug-likeness (QED) is 0.597. The zero-order chi connectivity index (χ0) is 22.1. The molecule has 0 bridgehead atoms. The summed E-state index contributed by atoms with van der Waals surface area (Å²) in [6.07, 6.45) is 0.902. The van der Waals surface area contributed by atoms with Crippen LogP contribution in [0.2, 0.25) is 0 Å². The average molecular weight is 444 g/mol. The molecule has 4 rings (SSSR count). The Balaban J connectivity index is 1.43. The number of pyridine rings is 1. The predicted molar refractivity (Wildman–Crippen MR) is 119 cm³/mol. The third-order valence-corrected chi connectivity index (χ3v) is 6.53. The second-order valence-corrected chi connectivity index (χ2v) is 8.69. The van der Waals surface area contributed by atoms with Crippen molar-refractivity contribution in [3.05, 3.63) is 55.3 Å². The standard InChI is InChI=1S/C21H25N5O4S/c1-4-26-20(28)18-16(24-21(26)29)9-14(31-18)11-25-8-7-13(10-25)30-17-6-5-15(19(27)22-3)23-12(17)2/h5-6,9,13H,4,7-8,10-11H2,1-3H3,(H,22,27)(H,24,29). The normalized spacial score (nSPS) is 16.7. The molecule has 1 aliphatic rings. The zero-order valence-electron chi connectivity index (χ0n) is 17.7. The highest BCUT2D eigenvalue weighted by Gasteiger charge is 2.25. The van der Waals surface area contributed by atoms with Crippen LogP contribution in [-0.4, -0.2) is 51.6 Å². The van der Waals surface area contributed by atoms with E-state index in [4.69, 9.17) is 4.74 Å². The minimum absolute atomic E-state index is 0.0258. The molecule has 1 saturated heterocycles. The Hall–Kier alpha value is -2.98. The van der Waals surface area contributed by atoms with Gasteiger partial charge in [0.1, 0.15) is 22.2 Å². The first-order chi connectivity index (χ1) is 14.9. The van der Waals surface area contributed by atoms with Gasteiger partial charge in [0, 0.05) is 38.1 Å². The second kappa shape index (κ2) is 8.64. The van der Waals surface area contributed by atoms with Crippen LogP contribution in [0.3, 0.4) is 0 Å². The monoisotopic (exact) mass is 443 g/mol. The van der Waals surface area contributed by atoms with E-state index in [1.807, 2.05) is 13.0 Å². The molecule has 9 nitrogen and oxygen atoms in total. The number of nitrogens with one attached hydrogen (secondary N) is 2. The lowest BCUT2D eigenvalue weighted by molar-refractivity contribution is 0.0957. The largest absolute Gasteiger partial charge is 0.487 e. The molecule has 0 saturated carbocycles. The van der Waals surface area contributed by atoms with Gasteiger partial charge in [-0.3, -0.25) is 19.1 Å². The number of ether oxygens (including phenoxy) is 1. The number of likely N-dealkylation sites (tertiary alicyclic amines) is 1. The third-order valence-electron chi connectivity index (χ3n) is 5.42. The van der Waals surface area contributed by atoms with Crippen LogP contribution in [0.4, 0.5) is 0 Å². The van der Waals surface area contributed by atoms with Gasteiger partial charge < -0.3 is 15.0 Å². The minimum atomic E-state index is -0.370. The molecule has 0 radical (unpaired) electrons. The summed E-state index contributed by atoms with van der Waals surface area (Å²) >= 11 is 1.43. The number of hydrogen-bond acceptors (Lipinski definition) is 7. The summed E-state index contributed by atoms with van der Waals surface area (Å²) in [5.74, 6) is 0.455. The molecule has 1 aliphatic heterocycles. The Kier molecular flexibility index (Phi) is 5.92. The number of aromatic amines is 1. The summed E-state index contributed by atoms with van der Waals surface area (Å²) in [7, 11) is 1.57. The average Bonchev–Trinajstić information content (AvgIpc) is 3.36. The topological polar surface area (TPSA) is 109 Å². The highest BCUT2D eigenvalue weighted by atomic mass is 32.1. The number of aryl methyl sites for hydroxylation is 1. The molecule has 0 spiro atoms. The maximum absolute atomic E-state index is 12.5. The van der Waals surface area contributed by atoms with Crippen LogP contribution in [0.5, 0.6) is 5.75 Å². The van der Waals surface area contributed by atoms with Gasteiger partial charge in [0.05, 0.1) is 11.2 Å². The van der Waals surface area contributed by atoms with Gasteiger partial charge in [0.15, 0.2) is 0 Å². The molecule has 4 heterocycles. The van der Waals surface area contributed by atoms with Gasteiger partial charge in [0.2, 0.25) is 0 Å². The van der Waals surface area contributed by atoms with Gasteiger partial charge >= 0.3 is 5.69 Å². The van der Waals surface area contributed by atoms with Crippen molar-refractivity contribution in [3.63, 3.8) is 0 Å². The van der Waals surface area contributed by atoms with Crippen LogP contribution in [0.1, 0.15) is 34.4 Å². The summed E-state index contributed by atoms with van der Waals surface area (Å²) in [5.41, 5.74) is 1.05. The third kappa shape index (κ3) is 4.26. The van der Waals surface area contributed by atoms with Gasteiger partial charge in [-0.2, -0.15) is 0 Å². The van der Waals surface area contributed by atoms with Crippen LogP contribution >= 0.6 is 11.3 Å². The molecule has 31 heavy (non-hydrogen) atoms. The lowest BCUT2D eigenvalue weighted by Crippen LogP contribution is -2.33. The first-order valence-corrected chi connectivity index (χ1v) is 11.1. The molecule has 1 atom stereocenters. The number of fused-ring (bicyclic) bond motifs is 1. The molecule has 1 amide bonds. The summed E-state index contributed by atoms with van der Waals surface area (Å²) in [4.78, 5) is 46.6. The molecule has 3 aromatic rings. The minimum Gasteiger partial charge on any atom is -0.487 e. The summed E-state index contributed by atoms with van der Waals surface area (Å²) in [5, 5.41) is 2.56. The first-order valence-electron chi connectivity index (χ1n) is 10.2. The Bertz CT molecular complexity index is 1240. The van der Waals surface area contributed by atoms with Crippen LogP contribution in [0.15, 0.2) is 27.8 Å². The van der Waals surface area contributed by atoms with Crippen molar-refractivity contribution in [3.8, 4) is 5.75 Å². The molecule has 0 aliphatic carbocycles. The molecule has 10 heteroatoms. The van der Waals surface area contributed by atoms with E-state index in [0.717, 1.165) is 24.4 Å². The van der Waals surface area contributed by atoms with E-state index in [0.29, 0.717) is 40.4 Å². The lowest BCUT2D eigenvalue weighted by atomic mass is 10.2. The predicted octanol–water partition coefficient (Wildman–Crippen LogP) is 1.49. The Morgan fingerprint density at radius 1 is 1.39 bits per heavy atom. The van der Waals surface area contributed by atoms with E-state index >= 15 is 0 Å². The van der Waals surface area contributed by atoms with Crippen molar-refractivity contribution < 1.29 is 9.53 Å². The van der Waals surface area contributed by atoms with Crippen LogP contribution in [0.25, 0.3) is 10.2 Å². The van der Waals surface area contributed by atoms with E-state index < -0.39 is 0 Å². The Morgan fingerprint density at radius 3 is 2.90 bits per heavy atom. The molecule has 2 N–H and O–H groups in total. The highest BCUT2D eigenvalue weighted by molar-refractivity contribution is 7.18. The maximum Gasteiger partial charge on any atom is 0.328 e. The highest BCUT2D eigenvalue weighted by Crippen LogP contribution is 2.26. The number of rotatable bonds is 6. The van der Waals surface area contributed by atoms with Crippen molar-refractivity contribution >= 4 is 27.5 Å². The summed E-state index contributed by atoms with van der Waals surface area (Å²) in [6.45, 7) is 6.28. The molecule has 1 fully saturated rings. The van der Waals surface area contributed by atoms with E-state index in [2.05, 4.69) is 20.2 Å². The molecular weight excluding hydrogens is 418 g/mol. The van der Waals surface area contributed by atoms with Gasteiger partial charge in [0.25, 0.3) is 11.5 Å². The van der Waals surface area contributed by atoms with Crippen molar-refractivity contribution in [1.29, 1.82) is 0 Å². The van der Waals surface area contributed by atoms with E-state index in [9.17, 15) is 14.4 Å². The maximum atomic E-state index is 12.5. The second-order valence-electron chi connectivity index (χ2n) is 7.56. The van der Waals surface area contributed by atoms with Crippen molar-refractivity contribution in [2.45, 2.75) is 39.5 Å². The van der Waals surface area contributed by atoms with Gasteiger partial charge in [-0.25, -0.2) is 9.78 Å². The fraction of sp³-hybridized carbons (Fsp3) is 0.429. The van der Waals surface area contributed by atoms with E-state index in [1.165, 1.54) is 15.9 Å². The molecule has 3 aromatic heterocycles. The molecule has 0 aromatic carbocycles. The fourth-order valence-electron chi connectivity index (χ4n) is 3.82. The summed E-state index contributed by atoms with van der Waals surface area (Å²) in [6, 6.07) is 5.34. The van der Waals surface area contributed by atoms with Gasteiger partial charge in [-0.05, 0) is 38.5 Å².